The second kappa shape index (κ2) is 7.92. The van der Waals surface area contributed by atoms with Crippen LogP contribution in [0, 0.1) is 0 Å². The van der Waals surface area contributed by atoms with Crippen molar-refractivity contribution in [2.75, 3.05) is 4.72 Å². The third-order valence-electron chi connectivity index (χ3n) is 3.88. The third kappa shape index (κ3) is 4.65. The molecule has 6 nitrogen and oxygen atoms in total. The Labute approximate surface area is 157 Å². The Kier molecular flexibility index (Phi) is 5.42. The van der Waals surface area contributed by atoms with E-state index in [1.807, 2.05) is 0 Å². The number of nitrogens with one attached hydrogen (secondary N) is 2. The van der Waals surface area contributed by atoms with Gasteiger partial charge in [-0.1, -0.05) is 36.4 Å². The van der Waals surface area contributed by atoms with E-state index in [-0.39, 0.29) is 23.1 Å². The van der Waals surface area contributed by atoms with Crippen molar-refractivity contribution in [1.82, 2.24) is 5.32 Å². The minimum atomic E-state index is -3.68. The van der Waals surface area contributed by atoms with Crippen LogP contribution in [-0.2, 0) is 16.6 Å². The first kappa shape index (κ1) is 18.5. The lowest BCUT2D eigenvalue weighted by molar-refractivity contribution is 0.0951. The molecule has 3 aromatic carbocycles. The zero-order chi connectivity index (χ0) is 19.3. The van der Waals surface area contributed by atoms with Gasteiger partial charge in [-0.15, -0.1) is 0 Å². The van der Waals surface area contributed by atoms with Crippen LogP contribution in [0.25, 0.3) is 0 Å². The van der Waals surface area contributed by atoms with Gasteiger partial charge >= 0.3 is 0 Å². The standard InChI is InChI=1S/C20H18N2O4S/c23-19-9-5-4-6-16(19)14-21-20(24)15-10-12-17(13-11-15)22-27(25,26)18-7-2-1-3-8-18/h1-13,22-23H,14H2,(H,21,24). The van der Waals surface area contributed by atoms with Gasteiger partial charge in [0.2, 0.25) is 0 Å². The summed E-state index contributed by atoms with van der Waals surface area (Å²) in [6.45, 7) is 0.188. The van der Waals surface area contributed by atoms with Gasteiger partial charge in [0.15, 0.2) is 0 Å². The van der Waals surface area contributed by atoms with Gasteiger partial charge in [0.05, 0.1) is 4.90 Å². The molecule has 0 bridgehead atoms. The van der Waals surface area contributed by atoms with Gasteiger partial charge in [-0.05, 0) is 42.5 Å². The molecule has 0 spiro atoms. The predicted octanol–water partition coefficient (Wildman–Crippen LogP) is 3.12. The average Bonchev–Trinajstić information content (AvgIpc) is 2.68. The fraction of sp³-hybridized carbons (Fsp3) is 0.0500. The first-order valence-electron chi connectivity index (χ1n) is 8.19. The van der Waals surface area contributed by atoms with Crippen molar-refractivity contribution in [3.05, 3.63) is 90.0 Å². The molecule has 7 heteroatoms. The van der Waals surface area contributed by atoms with E-state index >= 15 is 0 Å². The number of aromatic hydroxyl groups is 1. The van der Waals surface area contributed by atoms with Crippen molar-refractivity contribution in [2.24, 2.45) is 0 Å². The van der Waals surface area contributed by atoms with E-state index in [1.165, 1.54) is 36.4 Å². The van der Waals surface area contributed by atoms with Gasteiger partial charge in [-0.2, -0.15) is 0 Å². The summed E-state index contributed by atoms with van der Waals surface area (Å²) >= 11 is 0. The highest BCUT2D eigenvalue weighted by Gasteiger charge is 2.14. The molecule has 0 aliphatic rings. The minimum absolute atomic E-state index is 0.114. The number of amides is 1. The summed E-state index contributed by atoms with van der Waals surface area (Å²) in [7, 11) is -3.68. The molecule has 3 N–H and O–H groups in total. The number of rotatable bonds is 6. The Morgan fingerprint density at radius 2 is 1.48 bits per heavy atom. The van der Waals surface area contributed by atoms with Gasteiger partial charge in [0, 0.05) is 23.4 Å². The van der Waals surface area contributed by atoms with Crippen LogP contribution in [-0.4, -0.2) is 19.4 Å². The molecule has 0 heterocycles. The van der Waals surface area contributed by atoms with Crippen molar-refractivity contribution >= 4 is 21.6 Å². The second-order valence-electron chi connectivity index (χ2n) is 5.81. The van der Waals surface area contributed by atoms with Crippen LogP contribution in [0.2, 0.25) is 0 Å². The number of para-hydroxylation sites is 1. The lowest BCUT2D eigenvalue weighted by atomic mass is 10.1. The number of carbonyl (C=O) groups excluding carboxylic acids is 1. The van der Waals surface area contributed by atoms with E-state index in [2.05, 4.69) is 10.0 Å². The lowest BCUT2D eigenvalue weighted by Crippen LogP contribution is -2.22. The molecule has 0 aliphatic carbocycles. The Hall–Kier alpha value is -3.32. The fourth-order valence-corrected chi connectivity index (χ4v) is 3.52. The van der Waals surface area contributed by atoms with Gasteiger partial charge in [-0.3, -0.25) is 9.52 Å². The molecule has 3 aromatic rings. The molecule has 138 valence electrons. The summed E-state index contributed by atoms with van der Waals surface area (Å²) in [5.74, 6) is -0.209. The van der Waals surface area contributed by atoms with Gasteiger partial charge in [-0.25, -0.2) is 8.42 Å². The maximum Gasteiger partial charge on any atom is 0.261 e. The van der Waals surface area contributed by atoms with Crippen LogP contribution in [0.15, 0.2) is 83.8 Å². The molecule has 0 aromatic heterocycles. The van der Waals surface area contributed by atoms with Crippen LogP contribution in [0.1, 0.15) is 15.9 Å². The van der Waals surface area contributed by atoms with E-state index in [4.69, 9.17) is 0 Å². The Morgan fingerprint density at radius 1 is 0.852 bits per heavy atom. The summed E-state index contributed by atoms with van der Waals surface area (Å²) in [5, 5.41) is 12.4. The van der Waals surface area contributed by atoms with Crippen LogP contribution >= 0.6 is 0 Å². The number of phenolic OH excluding ortho intramolecular Hbond substituents is 1. The molecule has 0 atom stereocenters. The van der Waals surface area contributed by atoms with Crippen LogP contribution in [0.4, 0.5) is 5.69 Å². The van der Waals surface area contributed by atoms with Crippen molar-refractivity contribution < 1.29 is 18.3 Å². The molecule has 1 amide bonds. The zero-order valence-corrected chi connectivity index (χ0v) is 15.1. The summed E-state index contributed by atoms with van der Waals surface area (Å²) in [5.41, 5.74) is 1.35. The molecule has 0 radical (unpaired) electrons. The van der Waals surface area contributed by atoms with Crippen LogP contribution < -0.4 is 10.0 Å². The monoisotopic (exact) mass is 382 g/mol. The predicted molar refractivity (Wildman–Crippen MR) is 103 cm³/mol. The summed E-state index contributed by atoms with van der Waals surface area (Å²) in [6.07, 6.45) is 0. The highest BCUT2D eigenvalue weighted by molar-refractivity contribution is 7.92. The third-order valence-corrected chi connectivity index (χ3v) is 5.28. The Bertz CT molecular complexity index is 1030. The smallest absolute Gasteiger partial charge is 0.261 e. The number of hydrogen-bond acceptors (Lipinski definition) is 4. The summed E-state index contributed by atoms with van der Waals surface area (Å²) in [4.78, 5) is 12.4. The molecule has 0 aliphatic heterocycles. The fourth-order valence-electron chi connectivity index (χ4n) is 2.44. The molecule has 0 unspecified atom stereocenters. The summed E-state index contributed by atoms with van der Waals surface area (Å²) < 4.78 is 27.1. The molecular formula is C20H18N2O4S. The summed E-state index contributed by atoms with van der Waals surface area (Å²) in [6, 6.07) is 20.9. The second-order valence-corrected chi connectivity index (χ2v) is 7.49. The van der Waals surface area contributed by atoms with E-state index in [0.29, 0.717) is 16.8 Å². The molecule has 0 saturated carbocycles. The quantitative estimate of drug-likeness (QED) is 0.610. The van der Waals surface area contributed by atoms with E-state index in [0.717, 1.165) is 0 Å². The number of benzene rings is 3. The van der Waals surface area contributed by atoms with Crippen molar-refractivity contribution in [3.8, 4) is 5.75 Å². The number of phenols is 1. The van der Waals surface area contributed by atoms with E-state index in [9.17, 15) is 18.3 Å². The van der Waals surface area contributed by atoms with E-state index in [1.54, 1.807) is 42.5 Å². The molecule has 0 fully saturated rings. The van der Waals surface area contributed by atoms with E-state index < -0.39 is 10.0 Å². The number of anilines is 1. The van der Waals surface area contributed by atoms with Gasteiger partial charge in [0.25, 0.3) is 15.9 Å². The largest absolute Gasteiger partial charge is 0.508 e. The maximum atomic E-state index is 12.3. The zero-order valence-electron chi connectivity index (χ0n) is 14.3. The minimum Gasteiger partial charge on any atom is -0.508 e. The number of hydrogen-bond donors (Lipinski definition) is 3. The average molecular weight is 382 g/mol. The van der Waals surface area contributed by atoms with Crippen LogP contribution in [0.3, 0.4) is 0 Å². The highest BCUT2D eigenvalue weighted by atomic mass is 32.2. The van der Waals surface area contributed by atoms with Gasteiger partial charge < -0.3 is 10.4 Å². The number of sulfonamides is 1. The van der Waals surface area contributed by atoms with Crippen molar-refractivity contribution in [3.63, 3.8) is 0 Å². The highest BCUT2D eigenvalue weighted by Crippen LogP contribution is 2.17. The van der Waals surface area contributed by atoms with Crippen molar-refractivity contribution in [1.29, 1.82) is 0 Å². The first-order chi connectivity index (χ1) is 13.0. The molecule has 0 saturated heterocycles. The molecule has 3 rings (SSSR count). The van der Waals surface area contributed by atoms with Crippen molar-refractivity contribution in [2.45, 2.75) is 11.4 Å². The Morgan fingerprint density at radius 3 is 2.15 bits per heavy atom. The first-order valence-corrected chi connectivity index (χ1v) is 9.67. The number of carbonyl (C=O) groups is 1. The lowest BCUT2D eigenvalue weighted by Gasteiger charge is -2.10. The maximum absolute atomic E-state index is 12.3. The SMILES string of the molecule is O=C(NCc1ccccc1O)c1ccc(NS(=O)(=O)c2ccccc2)cc1. The molecular weight excluding hydrogens is 364 g/mol. The van der Waals surface area contributed by atoms with Crippen LogP contribution in [0.5, 0.6) is 5.75 Å². The normalized spacial score (nSPS) is 11.0. The molecule has 27 heavy (non-hydrogen) atoms. The Balaban J connectivity index is 1.65. The topological polar surface area (TPSA) is 95.5 Å². The van der Waals surface area contributed by atoms with Gasteiger partial charge in [0.1, 0.15) is 5.75 Å².